The molecule has 0 heterocycles. The summed E-state index contributed by atoms with van der Waals surface area (Å²) in [5, 5.41) is 3.42. The van der Waals surface area contributed by atoms with E-state index >= 15 is 0 Å². The van der Waals surface area contributed by atoms with Crippen LogP contribution in [0.2, 0.25) is 5.02 Å². The fourth-order valence-electron chi connectivity index (χ4n) is 5.04. The number of ether oxygens (including phenoxy) is 1. The summed E-state index contributed by atoms with van der Waals surface area (Å²) in [5.41, 5.74) is 1.70. The molecule has 46 heavy (non-hydrogen) atoms. The molecule has 4 aromatic carbocycles. The van der Waals surface area contributed by atoms with Crippen LogP contribution < -0.4 is 14.4 Å². The third-order valence-electron chi connectivity index (χ3n) is 7.44. The molecule has 8 nitrogen and oxygen atoms in total. The van der Waals surface area contributed by atoms with Gasteiger partial charge in [0.15, 0.2) is 0 Å². The molecule has 0 radical (unpaired) electrons. The van der Waals surface area contributed by atoms with Crippen molar-refractivity contribution in [1.29, 1.82) is 0 Å². The summed E-state index contributed by atoms with van der Waals surface area (Å²) in [6, 6.07) is 30.2. The van der Waals surface area contributed by atoms with E-state index in [0.29, 0.717) is 29.5 Å². The molecule has 1 unspecified atom stereocenters. The SMILES string of the molecule is CCCCNC(=O)C(Cc1ccccc1)N(Cc1ccccc1Cl)C(=O)CN(c1ccccc1OCC)S(=O)(=O)c1ccccc1. The number of benzene rings is 4. The zero-order valence-corrected chi connectivity index (χ0v) is 27.7. The van der Waals surface area contributed by atoms with E-state index in [1.165, 1.54) is 17.0 Å². The van der Waals surface area contributed by atoms with Gasteiger partial charge in [0.05, 0.1) is 17.2 Å². The number of carbonyl (C=O) groups is 2. The zero-order valence-electron chi connectivity index (χ0n) is 26.1. The fourth-order valence-corrected chi connectivity index (χ4v) is 6.69. The van der Waals surface area contributed by atoms with Crippen molar-refractivity contribution in [3.05, 3.63) is 125 Å². The van der Waals surface area contributed by atoms with Crippen molar-refractivity contribution in [3.63, 3.8) is 0 Å². The first-order chi connectivity index (χ1) is 22.3. The van der Waals surface area contributed by atoms with E-state index in [0.717, 1.165) is 22.7 Å². The van der Waals surface area contributed by atoms with E-state index in [1.54, 1.807) is 67.6 Å². The van der Waals surface area contributed by atoms with Gasteiger partial charge in [0.1, 0.15) is 18.3 Å². The van der Waals surface area contributed by atoms with Crippen LogP contribution in [0.5, 0.6) is 5.75 Å². The van der Waals surface area contributed by atoms with Gasteiger partial charge in [-0.2, -0.15) is 0 Å². The maximum atomic E-state index is 14.6. The van der Waals surface area contributed by atoms with Crippen molar-refractivity contribution in [2.75, 3.05) is 24.0 Å². The molecule has 0 saturated carbocycles. The molecule has 0 aliphatic heterocycles. The lowest BCUT2D eigenvalue weighted by atomic mass is 10.0. The number of sulfonamides is 1. The molecule has 0 spiro atoms. The Morgan fingerprint density at radius 3 is 2.15 bits per heavy atom. The summed E-state index contributed by atoms with van der Waals surface area (Å²) < 4.78 is 35.3. The standard InChI is InChI=1S/C36H40ClN3O5S/c1-3-5-24-38-36(42)33(25-28-16-8-6-9-17-28)39(26-29-18-12-13-21-31(29)37)35(41)27-40(32-22-14-15-23-34(32)45-4-2)46(43,44)30-19-10-7-11-20-30/h6-23,33H,3-5,24-27H2,1-2H3,(H,38,42). The molecule has 4 rings (SSSR count). The molecule has 0 aliphatic carbocycles. The van der Waals surface area contributed by atoms with Crippen molar-refractivity contribution in [2.45, 2.75) is 50.6 Å². The highest BCUT2D eigenvalue weighted by Crippen LogP contribution is 2.33. The summed E-state index contributed by atoms with van der Waals surface area (Å²) >= 11 is 6.57. The van der Waals surface area contributed by atoms with E-state index in [4.69, 9.17) is 16.3 Å². The molecule has 0 aliphatic rings. The Bertz CT molecular complexity index is 1690. The van der Waals surface area contributed by atoms with Crippen LogP contribution in [0.15, 0.2) is 114 Å². The van der Waals surface area contributed by atoms with Crippen molar-refractivity contribution in [2.24, 2.45) is 0 Å². The third-order valence-corrected chi connectivity index (χ3v) is 9.59. The number of halogens is 1. The molecule has 1 N–H and O–H groups in total. The van der Waals surface area contributed by atoms with Crippen molar-refractivity contribution in [3.8, 4) is 5.75 Å². The van der Waals surface area contributed by atoms with Gasteiger partial charge in [0, 0.05) is 24.5 Å². The minimum absolute atomic E-state index is 0.0104. The first-order valence-corrected chi connectivity index (χ1v) is 17.2. The summed E-state index contributed by atoms with van der Waals surface area (Å²) in [6.45, 7) is 3.98. The highest BCUT2D eigenvalue weighted by molar-refractivity contribution is 7.92. The number of anilines is 1. The van der Waals surface area contributed by atoms with Crippen LogP contribution in [0.3, 0.4) is 0 Å². The lowest BCUT2D eigenvalue weighted by Gasteiger charge is -2.34. The average molecular weight is 662 g/mol. The molecular weight excluding hydrogens is 622 g/mol. The number of nitrogens with zero attached hydrogens (tertiary/aromatic N) is 2. The predicted octanol–water partition coefficient (Wildman–Crippen LogP) is 6.49. The van der Waals surface area contributed by atoms with E-state index in [2.05, 4.69) is 5.32 Å². The number of nitrogens with one attached hydrogen (secondary N) is 1. The second-order valence-corrected chi connectivity index (χ2v) is 13.0. The van der Waals surface area contributed by atoms with Gasteiger partial charge in [-0.05, 0) is 54.8 Å². The van der Waals surface area contributed by atoms with Crippen LogP contribution in [0, 0.1) is 0 Å². The monoisotopic (exact) mass is 661 g/mol. The highest BCUT2D eigenvalue weighted by atomic mass is 35.5. The number of rotatable bonds is 16. The van der Waals surface area contributed by atoms with Crippen LogP contribution >= 0.6 is 11.6 Å². The molecule has 242 valence electrons. The fraction of sp³-hybridized carbons (Fsp3) is 0.278. The summed E-state index contributed by atoms with van der Waals surface area (Å²) in [6.07, 6.45) is 1.88. The van der Waals surface area contributed by atoms with Gasteiger partial charge in [-0.25, -0.2) is 8.42 Å². The van der Waals surface area contributed by atoms with E-state index < -0.39 is 28.5 Å². The second-order valence-electron chi connectivity index (χ2n) is 10.7. The quantitative estimate of drug-likeness (QED) is 0.139. The van der Waals surface area contributed by atoms with E-state index in [9.17, 15) is 18.0 Å². The van der Waals surface area contributed by atoms with Gasteiger partial charge in [-0.15, -0.1) is 0 Å². The van der Waals surface area contributed by atoms with Gasteiger partial charge in [-0.1, -0.05) is 104 Å². The molecule has 0 bridgehead atoms. The van der Waals surface area contributed by atoms with Crippen LogP contribution in [-0.2, 0) is 32.6 Å². The molecule has 10 heteroatoms. The molecule has 0 saturated heterocycles. The maximum Gasteiger partial charge on any atom is 0.264 e. The molecule has 0 aromatic heterocycles. The number of hydrogen-bond donors (Lipinski definition) is 1. The number of unbranched alkanes of at least 4 members (excludes halogenated alkanes) is 1. The van der Waals surface area contributed by atoms with Crippen LogP contribution in [0.1, 0.15) is 37.8 Å². The minimum atomic E-state index is -4.25. The largest absolute Gasteiger partial charge is 0.492 e. The first kappa shape index (κ1) is 34.5. The predicted molar refractivity (Wildman–Crippen MR) is 182 cm³/mol. The Hall–Kier alpha value is -4.34. The third kappa shape index (κ3) is 8.89. The summed E-state index contributed by atoms with van der Waals surface area (Å²) in [5.74, 6) is -0.588. The summed E-state index contributed by atoms with van der Waals surface area (Å²) in [7, 11) is -4.25. The number of hydrogen-bond acceptors (Lipinski definition) is 5. The van der Waals surface area contributed by atoms with Crippen molar-refractivity contribution < 1.29 is 22.7 Å². The summed E-state index contributed by atoms with van der Waals surface area (Å²) in [4.78, 5) is 29.9. The lowest BCUT2D eigenvalue weighted by Crippen LogP contribution is -2.53. The zero-order chi connectivity index (χ0) is 32.9. The van der Waals surface area contributed by atoms with Gasteiger partial charge >= 0.3 is 0 Å². The van der Waals surface area contributed by atoms with Gasteiger partial charge in [0.25, 0.3) is 10.0 Å². The van der Waals surface area contributed by atoms with E-state index in [1.807, 2.05) is 43.3 Å². The first-order valence-electron chi connectivity index (χ1n) is 15.4. The molecule has 4 aromatic rings. The van der Waals surface area contributed by atoms with E-state index in [-0.39, 0.29) is 29.5 Å². The van der Waals surface area contributed by atoms with Gasteiger partial charge in [0.2, 0.25) is 11.8 Å². The Morgan fingerprint density at radius 2 is 1.48 bits per heavy atom. The number of para-hydroxylation sites is 2. The highest BCUT2D eigenvalue weighted by Gasteiger charge is 2.35. The topological polar surface area (TPSA) is 96.0 Å². The minimum Gasteiger partial charge on any atom is -0.492 e. The molecule has 2 amide bonds. The Morgan fingerprint density at radius 1 is 0.848 bits per heavy atom. The number of amides is 2. The Balaban J connectivity index is 1.82. The lowest BCUT2D eigenvalue weighted by molar-refractivity contribution is -0.140. The molecule has 0 fully saturated rings. The van der Waals surface area contributed by atoms with Crippen molar-refractivity contribution >= 4 is 39.1 Å². The normalized spacial score (nSPS) is 11.8. The molecular formula is C36H40ClN3O5S. The average Bonchev–Trinajstić information content (AvgIpc) is 3.07. The smallest absolute Gasteiger partial charge is 0.264 e. The maximum absolute atomic E-state index is 14.6. The second kappa shape index (κ2) is 16.8. The molecule has 1 atom stereocenters. The van der Waals surface area contributed by atoms with Crippen molar-refractivity contribution in [1.82, 2.24) is 10.2 Å². The number of carbonyl (C=O) groups excluding carboxylic acids is 2. The van der Waals surface area contributed by atoms with Crippen LogP contribution in [0.25, 0.3) is 0 Å². The van der Waals surface area contributed by atoms with Gasteiger partial charge in [-0.3, -0.25) is 13.9 Å². The Labute approximate surface area is 277 Å². The van der Waals surface area contributed by atoms with Crippen LogP contribution in [0.4, 0.5) is 5.69 Å². The van der Waals surface area contributed by atoms with Crippen LogP contribution in [-0.4, -0.2) is 50.9 Å². The van der Waals surface area contributed by atoms with Gasteiger partial charge < -0.3 is 15.0 Å². The Kier molecular flexibility index (Phi) is 12.6.